The van der Waals surface area contributed by atoms with Gasteiger partial charge in [-0.15, -0.1) is 0 Å². The number of hydrogen-bond donors (Lipinski definition) is 2. The smallest absolute Gasteiger partial charge is 0.387 e. The molecule has 162 valence electrons. The Hall–Kier alpha value is -2.87. The maximum Gasteiger partial charge on any atom is 0.387 e. The van der Waals surface area contributed by atoms with E-state index in [1.165, 1.54) is 5.69 Å². The fraction of sp³-hybridized carbons (Fsp3) is 0.409. The highest BCUT2D eigenvalue weighted by molar-refractivity contribution is 5.79. The Labute approximate surface area is 175 Å². The van der Waals surface area contributed by atoms with Crippen LogP contribution in [0.4, 0.5) is 14.5 Å². The number of benzene rings is 2. The molecule has 2 N–H and O–H groups in total. The molecule has 0 atom stereocenters. The fourth-order valence-corrected chi connectivity index (χ4v) is 3.29. The average Bonchev–Trinajstić information content (AvgIpc) is 2.76. The van der Waals surface area contributed by atoms with Crippen molar-refractivity contribution in [3.05, 3.63) is 59.2 Å². The molecule has 0 saturated carbocycles. The first-order chi connectivity index (χ1) is 14.5. The van der Waals surface area contributed by atoms with Gasteiger partial charge in [0, 0.05) is 44.5 Å². The predicted molar refractivity (Wildman–Crippen MR) is 114 cm³/mol. The third-order valence-electron chi connectivity index (χ3n) is 4.87. The summed E-state index contributed by atoms with van der Waals surface area (Å²) in [6.45, 7) is 3.30. The quantitative estimate of drug-likeness (QED) is 0.534. The molecule has 30 heavy (non-hydrogen) atoms. The zero-order chi connectivity index (χ0) is 21.3. The number of aryl methyl sites for hydroxylation is 1. The lowest BCUT2D eigenvalue weighted by Gasteiger charge is -2.28. The van der Waals surface area contributed by atoms with Crippen molar-refractivity contribution in [2.45, 2.75) is 26.6 Å². The van der Waals surface area contributed by atoms with Crippen LogP contribution >= 0.6 is 0 Å². The summed E-state index contributed by atoms with van der Waals surface area (Å²) in [7, 11) is 1.67. The van der Waals surface area contributed by atoms with Gasteiger partial charge in [0.25, 0.3) is 0 Å². The van der Waals surface area contributed by atoms with Gasteiger partial charge in [-0.3, -0.25) is 4.99 Å². The summed E-state index contributed by atoms with van der Waals surface area (Å²) in [5.41, 5.74) is 3.92. The van der Waals surface area contributed by atoms with Gasteiger partial charge >= 0.3 is 6.61 Å². The summed E-state index contributed by atoms with van der Waals surface area (Å²) in [5.74, 6) is 0.744. The van der Waals surface area contributed by atoms with Crippen molar-refractivity contribution >= 4 is 11.6 Å². The zero-order valence-electron chi connectivity index (χ0n) is 17.3. The van der Waals surface area contributed by atoms with Crippen molar-refractivity contribution < 1.29 is 18.3 Å². The van der Waals surface area contributed by atoms with Crippen molar-refractivity contribution in [2.75, 3.05) is 38.3 Å². The molecule has 2 aromatic carbocycles. The second kappa shape index (κ2) is 10.8. The van der Waals surface area contributed by atoms with E-state index in [-0.39, 0.29) is 5.75 Å². The molecule has 0 amide bonds. The summed E-state index contributed by atoms with van der Waals surface area (Å²) in [6.07, 6.45) is 0. The monoisotopic (exact) mass is 418 g/mol. The first kappa shape index (κ1) is 21.8. The van der Waals surface area contributed by atoms with Gasteiger partial charge in [0.05, 0.1) is 13.2 Å². The van der Waals surface area contributed by atoms with E-state index < -0.39 is 6.61 Å². The summed E-state index contributed by atoms with van der Waals surface area (Å²) >= 11 is 0. The van der Waals surface area contributed by atoms with E-state index in [0.29, 0.717) is 24.6 Å². The van der Waals surface area contributed by atoms with Crippen LogP contribution in [-0.4, -0.2) is 45.9 Å². The molecule has 1 aliphatic rings. The van der Waals surface area contributed by atoms with Gasteiger partial charge in [0.2, 0.25) is 0 Å². The number of nitrogens with zero attached hydrogens (tertiary/aromatic N) is 2. The Kier molecular flexibility index (Phi) is 7.84. The summed E-state index contributed by atoms with van der Waals surface area (Å²) in [4.78, 5) is 6.51. The lowest BCUT2D eigenvalue weighted by atomic mass is 10.1. The largest absolute Gasteiger partial charge is 0.434 e. The third kappa shape index (κ3) is 6.32. The Morgan fingerprint density at radius 1 is 1.10 bits per heavy atom. The molecule has 1 saturated heterocycles. The van der Waals surface area contributed by atoms with E-state index >= 15 is 0 Å². The van der Waals surface area contributed by atoms with E-state index in [1.807, 2.05) is 13.0 Å². The number of guanidine groups is 1. The maximum absolute atomic E-state index is 12.6. The van der Waals surface area contributed by atoms with Crippen molar-refractivity contribution in [1.29, 1.82) is 0 Å². The van der Waals surface area contributed by atoms with Crippen LogP contribution in [0.25, 0.3) is 0 Å². The molecule has 1 aliphatic heterocycles. The average molecular weight is 418 g/mol. The second-order valence-electron chi connectivity index (χ2n) is 7.03. The van der Waals surface area contributed by atoms with Crippen LogP contribution in [0.5, 0.6) is 5.75 Å². The van der Waals surface area contributed by atoms with Crippen LogP contribution in [0.2, 0.25) is 0 Å². The van der Waals surface area contributed by atoms with Crippen LogP contribution in [0.15, 0.2) is 47.5 Å². The highest BCUT2D eigenvalue weighted by atomic mass is 19.3. The number of ether oxygens (including phenoxy) is 2. The van der Waals surface area contributed by atoms with Crippen molar-refractivity contribution in [3.63, 3.8) is 0 Å². The highest BCUT2D eigenvalue weighted by Gasteiger charge is 2.12. The van der Waals surface area contributed by atoms with Gasteiger partial charge in [0.1, 0.15) is 5.75 Å². The Bertz CT molecular complexity index is 838. The molecule has 8 heteroatoms. The van der Waals surface area contributed by atoms with E-state index in [9.17, 15) is 8.78 Å². The molecule has 0 aromatic heterocycles. The number of nitrogens with one attached hydrogen (secondary N) is 2. The first-order valence-corrected chi connectivity index (χ1v) is 9.95. The SMILES string of the molecule is CN=C(NCc1ccc(N2CCOCC2)cc1)NCc1cc(C)ccc1OC(F)F. The number of morpholine rings is 1. The molecule has 1 fully saturated rings. The lowest BCUT2D eigenvalue weighted by Crippen LogP contribution is -2.37. The minimum Gasteiger partial charge on any atom is -0.434 e. The molecule has 0 radical (unpaired) electrons. The van der Waals surface area contributed by atoms with Crippen molar-refractivity contribution in [2.24, 2.45) is 4.99 Å². The van der Waals surface area contributed by atoms with E-state index in [0.717, 1.165) is 37.4 Å². The first-order valence-electron chi connectivity index (χ1n) is 9.95. The minimum absolute atomic E-state index is 0.164. The fourth-order valence-electron chi connectivity index (χ4n) is 3.29. The van der Waals surface area contributed by atoms with Gasteiger partial charge in [-0.05, 0) is 30.7 Å². The van der Waals surface area contributed by atoms with Gasteiger partial charge in [-0.25, -0.2) is 0 Å². The number of aliphatic imine (C=N–C) groups is 1. The van der Waals surface area contributed by atoms with Gasteiger partial charge < -0.3 is 25.0 Å². The van der Waals surface area contributed by atoms with Crippen LogP contribution in [0.1, 0.15) is 16.7 Å². The van der Waals surface area contributed by atoms with Crippen LogP contribution in [0.3, 0.4) is 0 Å². The van der Waals surface area contributed by atoms with Crippen molar-refractivity contribution in [3.8, 4) is 5.75 Å². The van der Waals surface area contributed by atoms with E-state index in [4.69, 9.17) is 4.74 Å². The van der Waals surface area contributed by atoms with Gasteiger partial charge in [0.15, 0.2) is 5.96 Å². The summed E-state index contributed by atoms with van der Waals surface area (Å²) in [6, 6.07) is 13.5. The molecule has 0 spiro atoms. The molecule has 2 aromatic rings. The topological polar surface area (TPSA) is 58.1 Å². The predicted octanol–water partition coefficient (Wildman–Crippen LogP) is 3.30. The molecule has 1 heterocycles. The van der Waals surface area contributed by atoms with E-state index in [1.54, 1.807) is 19.2 Å². The number of alkyl halides is 2. The number of hydrogen-bond acceptors (Lipinski definition) is 4. The highest BCUT2D eigenvalue weighted by Crippen LogP contribution is 2.22. The molecule has 0 bridgehead atoms. The van der Waals surface area contributed by atoms with Crippen LogP contribution in [-0.2, 0) is 17.8 Å². The number of halogens is 2. The van der Waals surface area contributed by atoms with Gasteiger partial charge in [-0.2, -0.15) is 8.78 Å². The maximum atomic E-state index is 12.6. The normalized spacial score (nSPS) is 14.7. The lowest BCUT2D eigenvalue weighted by molar-refractivity contribution is -0.0504. The third-order valence-corrected chi connectivity index (χ3v) is 4.87. The van der Waals surface area contributed by atoms with Crippen LogP contribution in [0, 0.1) is 6.92 Å². The zero-order valence-corrected chi connectivity index (χ0v) is 17.3. The summed E-state index contributed by atoms with van der Waals surface area (Å²) < 4.78 is 35.3. The second-order valence-corrected chi connectivity index (χ2v) is 7.03. The van der Waals surface area contributed by atoms with Gasteiger partial charge in [-0.1, -0.05) is 29.8 Å². The van der Waals surface area contributed by atoms with Crippen molar-refractivity contribution in [1.82, 2.24) is 10.6 Å². The Morgan fingerprint density at radius 2 is 1.80 bits per heavy atom. The molecular weight excluding hydrogens is 390 g/mol. The summed E-state index contributed by atoms with van der Waals surface area (Å²) in [5, 5.41) is 6.40. The minimum atomic E-state index is -2.86. The standard InChI is InChI=1S/C22H28F2N4O2/c1-16-3-8-20(30-21(23)24)18(13-16)15-27-22(25-2)26-14-17-4-6-19(7-5-17)28-9-11-29-12-10-28/h3-8,13,21H,9-12,14-15H2,1-2H3,(H2,25,26,27). The van der Waals surface area contributed by atoms with Crippen LogP contribution < -0.4 is 20.3 Å². The molecule has 3 rings (SSSR count). The number of rotatable bonds is 7. The number of anilines is 1. The Balaban J connectivity index is 1.53. The van der Waals surface area contributed by atoms with E-state index in [2.05, 4.69) is 49.5 Å². The molecule has 0 unspecified atom stereocenters. The molecular formula is C22H28F2N4O2. The Morgan fingerprint density at radius 3 is 2.47 bits per heavy atom. The molecule has 0 aliphatic carbocycles. The molecule has 6 nitrogen and oxygen atoms in total.